The number of carbonyl (C=O) groups is 1. The first-order chi connectivity index (χ1) is 19.9. The fraction of sp³-hybridized carbons (Fsp3) is 0.212. The number of piperazine rings is 1. The van der Waals surface area contributed by atoms with Crippen molar-refractivity contribution in [3.05, 3.63) is 112 Å². The van der Waals surface area contributed by atoms with Crippen LogP contribution in [0.2, 0.25) is 10.0 Å². The van der Waals surface area contributed by atoms with Crippen molar-refractivity contribution in [2.75, 3.05) is 33.3 Å². The fourth-order valence-electron chi connectivity index (χ4n) is 5.43. The zero-order chi connectivity index (χ0) is 28.5. The minimum Gasteiger partial charge on any atom is -0.497 e. The van der Waals surface area contributed by atoms with Crippen molar-refractivity contribution in [2.24, 2.45) is 0 Å². The third-order valence-electron chi connectivity index (χ3n) is 7.70. The minimum atomic E-state index is 0.0481. The molecule has 3 aromatic carbocycles. The number of ether oxygens (including phenoxy) is 1. The van der Waals surface area contributed by atoms with Crippen LogP contribution in [0.25, 0.3) is 28.0 Å². The quantitative estimate of drug-likeness (QED) is 0.211. The maximum absolute atomic E-state index is 13.1. The highest BCUT2D eigenvalue weighted by molar-refractivity contribution is 6.31. The summed E-state index contributed by atoms with van der Waals surface area (Å²) in [6, 6.07) is 25.3. The van der Waals surface area contributed by atoms with E-state index in [4.69, 9.17) is 32.9 Å². The fourth-order valence-corrected chi connectivity index (χ4v) is 5.78. The van der Waals surface area contributed by atoms with E-state index in [0.717, 1.165) is 63.2 Å². The third-order valence-corrected chi connectivity index (χ3v) is 8.19. The van der Waals surface area contributed by atoms with Gasteiger partial charge in [-0.3, -0.25) is 9.69 Å². The first-order valence-corrected chi connectivity index (χ1v) is 14.3. The molecule has 1 amide bonds. The van der Waals surface area contributed by atoms with Crippen LogP contribution in [0.3, 0.4) is 0 Å². The topological polar surface area (TPSA) is 50.1 Å². The normalized spacial score (nSPS) is 14.0. The van der Waals surface area contributed by atoms with Crippen LogP contribution < -0.4 is 4.74 Å². The molecule has 0 saturated carbocycles. The summed E-state index contributed by atoms with van der Waals surface area (Å²) in [4.78, 5) is 22.5. The minimum absolute atomic E-state index is 0.0481. The highest BCUT2D eigenvalue weighted by Gasteiger charge is 2.25. The van der Waals surface area contributed by atoms with Gasteiger partial charge in [0.1, 0.15) is 11.4 Å². The Hall–Kier alpha value is -3.84. The first-order valence-electron chi connectivity index (χ1n) is 13.6. The number of imidazole rings is 1. The molecule has 6 nitrogen and oxygen atoms in total. The van der Waals surface area contributed by atoms with E-state index < -0.39 is 0 Å². The number of halogens is 2. The molecule has 2 aromatic heterocycles. The highest BCUT2D eigenvalue weighted by atomic mass is 35.5. The average molecular weight is 586 g/mol. The van der Waals surface area contributed by atoms with Crippen LogP contribution in [0, 0.1) is 6.92 Å². The van der Waals surface area contributed by atoms with Gasteiger partial charge in [-0.1, -0.05) is 41.4 Å². The van der Waals surface area contributed by atoms with Crippen molar-refractivity contribution in [1.82, 2.24) is 19.2 Å². The maximum atomic E-state index is 13.1. The summed E-state index contributed by atoms with van der Waals surface area (Å²) in [5, 5.41) is 1.42. The number of fused-ring (bicyclic) bond motifs is 1. The molecule has 0 unspecified atom stereocenters. The molecular formula is C33H30Cl2N4O2. The summed E-state index contributed by atoms with van der Waals surface area (Å²) in [7, 11) is 1.62. The zero-order valence-corrected chi connectivity index (χ0v) is 24.5. The molecule has 3 heterocycles. The molecule has 208 valence electrons. The Morgan fingerprint density at radius 1 is 0.854 bits per heavy atom. The van der Waals surface area contributed by atoms with Crippen LogP contribution in [0.1, 0.15) is 21.6 Å². The van der Waals surface area contributed by atoms with E-state index in [1.54, 1.807) is 7.11 Å². The second-order valence-corrected chi connectivity index (χ2v) is 11.2. The lowest BCUT2D eigenvalue weighted by Gasteiger charge is -2.34. The molecule has 0 atom stereocenters. The number of aromatic nitrogens is 2. The predicted octanol–water partition coefficient (Wildman–Crippen LogP) is 7.25. The number of hydrogen-bond donors (Lipinski definition) is 0. The molecule has 0 N–H and O–H groups in total. The summed E-state index contributed by atoms with van der Waals surface area (Å²) in [5.41, 5.74) is 7.97. The zero-order valence-electron chi connectivity index (χ0n) is 23.0. The summed E-state index contributed by atoms with van der Waals surface area (Å²) >= 11 is 12.4. The van der Waals surface area contributed by atoms with E-state index in [1.807, 2.05) is 65.6 Å². The first kappa shape index (κ1) is 27.3. The molecule has 5 aromatic rings. The van der Waals surface area contributed by atoms with Gasteiger partial charge in [0.15, 0.2) is 0 Å². The summed E-state index contributed by atoms with van der Waals surface area (Å²) in [6.07, 6.45) is 2.16. The van der Waals surface area contributed by atoms with Gasteiger partial charge in [0, 0.05) is 60.1 Å². The molecule has 8 heteroatoms. The van der Waals surface area contributed by atoms with Crippen molar-refractivity contribution in [1.29, 1.82) is 0 Å². The van der Waals surface area contributed by atoms with Crippen molar-refractivity contribution in [2.45, 2.75) is 13.5 Å². The van der Waals surface area contributed by atoms with Crippen LogP contribution >= 0.6 is 23.2 Å². The summed E-state index contributed by atoms with van der Waals surface area (Å²) in [6.45, 7) is 5.63. The Morgan fingerprint density at radius 2 is 1.54 bits per heavy atom. The Balaban J connectivity index is 1.29. The SMILES string of the molecule is COc1ccc(C(=O)N2CCN(Cc3c(-c4ccc(Cl)cc4)nc4ccc(-c5ccc(Cl)cc5C)cn34)CC2)cc1. The second-order valence-electron chi connectivity index (χ2n) is 10.3. The Morgan fingerprint density at radius 3 is 2.22 bits per heavy atom. The Bertz CT molecular complexity index is 1710. The van der Waals surface area contributed by atoms with Crippen molar-refractivity contribution in [3.63, 3.8) is 0 Å². The van der Waals surface area contributed by atoms with E-state index >= 15 is 0 Å². The van der Waals surface area contributed by atoms with Crippen LogP contribution in [-0.4, -0.2) is 58.4 Å². The molecule has 1 saturated heterocycles. The van der Waals surface area contributed by atoms with E-state index in [0.29, 0.717) is 30.2 Å². The number of rotatable bonds is 6. The van der Waals surface area contributed by atoms with Crippen LogP contribution in [-0.2, 0) is 6.54 Å². The van der Waals surface area contributed by atoms with Gasteiger partial charge >= 0.3 is 0 Å². The number of amides is 1. The molecule has 0 bridgehead atoms. The molecule has 0 radical (unpaired) electrons. The molecule has 0 aliphatic carbocycles. The summed E-state index contributed by atoms with van der Waals surface area (Å²) < 4.78 is 7.43. The predicted molar refractivity (Wildman–Crippen MR) is 165 cm³/mol. The molecule has 1 aliphatic heterocycles. The largest absolute Gasteiger partial charge is 0.497 e. The molecular weight excluding hydrogens is 555 g/mol. The number of nitrogens with zero attached hydrogens (tertiary/aromatic N) is 4. The van der Waals surface area contributed by atoms with Gasteiger partial charge in [-0.2, -0.15) is 0 Å². The Kier molecular flexibility index (Phi) is 7.71. The average Bonchev–Trinajstić information content (AvgIpc) is 3.35. The van der Waals surface area contributed by atoms with E-state index in [-0.39, 0.29) is 5.91 Å². The number of methoxy groups -OCH3 is 1. The van der Waals surface area contributed by atoms with E-state index in [2.05, 4.69) is 40.6 Å². The molecule has 1 aliphatic rings. The molecule has 0 spiro atoms. The third kappa shape index (κ3) is 5.68. The van der Waals surface area contributed by atoms with Crippen LogP contribution in [0.5, 0.6) is 5.75 Å². The molecule has 1 fully saturated rings. The van der Waals surface area contributed by atoms with Gasteiger partial charge in [-0.15, -0.1) is 0 Å². The van der Waals surface area contributed by atoms with Gasteiger partial charge in [0.2, 0.25) is 0 Å². The van der Waals surface area contributed by atoms with E-state index in [1.165, 1.54) is 0 Å². The van der Waals surface area contributed by atoms with Gasteiger partial charge in [-0.25, -0.2) is 4.98 Å². The second kappa shape index (κ2) is 11.6. The number of carbonyl (C=O) groups excluding carboxylic acids is 1. The molecule has 6 rings (SSSR count). The van der Waals surface area contributed by atoms with Crippen LogP contribution in [0.15, 0.2) is 85.1 Å². The monoisotopic (exact) mass is 584 g/mol. The maximum Gasteiger partial charge on any atom is 0.253 e. The molecule has 41 heavy (non-hydrogen) atoms. The number of pyridine rings is 1. The van der Waals surface area contributed by atoms with Crippen molar-refractivity contribution < 1.29 is 9.53 Å². The number of benzene rings is 3. The lowest BCUT2D eigenvalue weighted by molar-refractivity contribution is 0.0627. The van der Waals surface area contributed by atoms with E-state index in [9.17, 15) is 4.79 Å². The lowest BCUT2D eigenvalue weighted by atomic mass is 10.0. The lowest BCUT2D eigenvalue weighted by Crippen LogP contribution is -2.48. The van der Waals surface area contributed by atoms with Gasteiger partial charge in [0.25, 0.3) is 5.91 Å². The Labute approximate surface area is 249 Å². The number of aryl methyl sites for hydroxylation is 1. The smallest absolute Gasteiger partial charge is 0.253 e. The van der Waals surface area contributed by atoms with Gasteiger partial charge in [0.05, 0.1) is 18.5 Å². The van der Waals surface area contributed by atoms with Crippen LogP contribution in [0.4, 0.5) is 0 Å². The van der Waals surface area contributed by atoms with Gasteiger partial charge < -0.3 is 14.0 Å². The van der Waals surface area contributed by atoms with Gasteiger partial charge in [-0.05, 0) is 84.3 Å². The number of hydrogen-bond acceptors (Lipinski definition) is 4. The van der Waals surface area contributed by atoms with Crippen molar-refractivity contribution in [3.8, 4) is 28.1 Å². The van der Waals surface area contributed by atoms with Crippen molar-refractivity contribution >= 4 is 34.8 Å². The highest BCUT2D eigenvalue weighted by Crippen LogP contribution is 2.31. The standard InChI is InChI=1S/C33H30Cl2N4O2/c1-22-19-27(35)10-13-29(22)25-7-14-31-36-32(23-3-8-26(34)9-4-23)30(39(31)20-25)21-37-15-17-38(18-16-37)33(40)24-5-11-28(41-2)12-6-24/h3-14,19-20H,15-18,21H2,1-2H3. The summed E-state index contributed by atoms with van der Waals surface area (Å²) in [5.74, 6) is 0.789.